The third kappa shape index (κ3) is 66.5. The maximum atomic E-state index is 13.0. The number of rotatable bonds is 72. The number of carbonyl (C=O) groups excluding carboxylic acids is 4. The van der Waals surface area contributed by atoms with Crippen molar-refractivity contribution in [3.05, 3.63) is 0 Å². The van der Waals surface area contributed by atoms with Crippen LogP contribution in [0.15, 0.2) is 0 Å². The van der Waals surface area contributed by atoms with E-state index in [1.54, 1.807) is 0 Å². The SMILES string of the molecule is CCCCCCCCCCCCCCCCCCCCCCCC(=O)O[C@H](COC(=O)CCCCCCCCCCCCCCCC)COP(=O)(O)OC[C@@H](O)COP(=O)(O)OC[C@@H](COC(=O)CCCCCCC)OC(=O)CCCCCCCCCCC(C)C. The lowest BCUT2D eigenvalue weighted by molar-refractivity contribution is -0.161. The second-order valence-corrected chi connectivity index (χ2v) is 29.4. The van der Waals surface area contributed by atoms with Crippen LogP contribution in [0, 0.1) is 5.92 Å². The molecule has 0 amide bonds. The molecule has 0 spiro atoms. The number of unbranched alkanes of at least 4 members (excludes halogenated alkanes) is 44. The molecule has 19 heteroatoms. The zero-order chi connectivity index (χ0) is 67.0. The highest BCUT2D eigenvalue weighted by atomic mass is 31.2. The third-order valence-electron chi connectivity index (χ3n) is 16.8. The molecule has 5 atom stereocenters. The summed E-state index contributed by atoms with van der Waals surface area (Å²) in [4.78, 5) is 72.3. The Kier molecular flexibility index (Phi) is 64.0. The van der Waals surface area contributed by atoms with Gasteiger partial charge in [0.15, 0.2) is 12.2 Å². The first kappa shape index (κ1) is 89.1. The predicted octanol–water partition coefficient (Wildman–Crippen LogP) is 20.9. The summed E-state index contributed by atoms with van der Waals surface area (Å²) in [6.45, 7) is 7.13. The molecule has 0 radical (unpaired) electrons. The largest absolute Gasteiger partial charge is 0.472 e. The molecule has 17 nitrogen and oxygen atoms in total. The van der Waals surface area contributed by atoms with Crippen molar-refractivity contribution in [2.45, 2.75) is 393 Å². The average Bonchev–Trinajstić information content (AvgIpc) is 3.18. The van der Waals surface area contributed by atoms with E-state index >= 15 is 0 Å². The highest BCUT2D eigenvalue weighted by Crippen LogP contribution is 2.45. The summed E-state index contributed by atoms with van der Waals surface area (Å²) < 4.78 is 68.1. The molecule has 0 aromatic carbocycles. The first-order valence-corrected chi connectivity index (χ1v) is 40.6. The van der Waals surface area contributed by atoms with Gasteiger partial charge in [0.25, 0.3) is 0 Å². The van der Waals surface area contributed by atoms with Crippen LogP contribution >= 0.6 is 15.6 Å². The lowest BCUT2D eigenvalue weighted by Crippen LogP contribution is -2.30. The fourth-order valence-corrected chi connectivity index (χ4v) is 12.6. The Morgan fingerprint density at radius 3 is 0.747 bits per heavy atom. The molecule has 0 fully saturated rings. The predicted molar refractivity (Wildman–Crippen MR) is 368 cm³/mol. The fraction of sp³-hybridized carbons (Fsp3) is 0.944. The van der Waals surface area contributed by atoms with Crippen LogP contribution < -0.4 is 0 Å². The van der Waals surface area contributed by atoms with Gasteiger partial charge in [0.05, 0.1) is 26.4 Å². The molecule has 0 bridgehead atoms. The zero-order valence-electron chi connectivity index (χ0n) is 59.0. The molecule has 0 saturated carbocycles. The van der Waals surface area contributed by atoms with E-state index < -0.39 is 97.5 Å². The Hall–Kier alpha value is -1.94. The highest BCUT2D eigenvalue weighted by molar-refractivity contribution is 7.47. The van der Waals surface area contributed by atoms with Gasteiger partial charge in [0.2, 0.25) is 0 Å². The number of phosphoric acid groups is 2. The van der Waals surface area contributed by atoms with Gasteiger partial charge in [-0.05, 0) is 31.6 Å². The van der Waals surface area contributed by atoms with Crippen LogP contribution in [0.1, 0.15) is 375 Å². The van der Waals surface area contributed by atoms with Gasteiger partial charge >= 0.3 is 39.5 Å². The minimum Gasteiger partial charge on any atom is -0.462 e. The van der Waals surface area contributed by atoms with E-state index in [1.807, 2.05) is 0 Å². The van der Waals surface area contributed by atoms with Crippen molar-refractivity contribution in [1.82, 2.24) is 0 Å². The normalized spacial score (nSPS) is 14.0. The van der Waals surface area contributed by atoms with Crippen LogP contribution in [0.3, 0.4) is 0 Å². The maximum absolute atomic E-state index is 13.0. The molecule has 0 saturated heterocycles. The number of esters is 4. The Morgan fingerprint density at radius 2 is 0.505 bits per heavy atom. The van der Waals surface area contributed by atoms with Crippen molar-refractivity contribution in [3.63, 3.8) is 0 Å². The van der Waals surface area contributed by atoms with E-state index in [4.69, 9.17) is 37.0 Å². The number of carbonyl (C=O) groups is 4. The van der Waals surface area contributed by atoms with Crippen molar-refractivity contribution < 1.29 is 80.2 Å². The lowest BCUT2D eigenvalue weighted by atomic mass is 10.0. The summed E-state index contributed by atoms with van der Waals surface area (Å²) in [6.07, 6.45) is 53.3. The average molecular weight is 1340 g/mol. The molecule has 0 aliphatic rings. The Balaban J connectivity index is 5.11. The summed E-state index contributed by atoms with van der Waals surface area (Å²) in [5, 5.41) is 10.6. The van der Waals surface area contributed by atoms with Crippen LogP contribution in [0.25, 0.3) is 0 Å². The molecule has 0 rings (SSSR count). The van der Waals surface area contributed by atoms with Gasteiger partial charge in [-0.1, -0.05) is 324 Å². The first-order chi connectivity index (χ1) is 44.0. The Bertz CT molecular complexity index is 1750. The molecule has 0 heterocycles. The molecular formula is C72H140O17P2. The summed E-state index contributed by atoms with van der Waals surface area (Å²) >= 11 is 0. The van der Waals surface area contributed by atoms with E-state index in [0.717, 1.165) is 102 Å². The van der Waals surface area contributed by atoms with Crippen molar-refractivity contribution in [3.8, 4) is 0 Å². The van der Waals surface area contributed by atoms with Crippen LogP contribution in [0.2, 0.25) is 0 Å². The third-order valence-corrected chi connectivity index (χ3v) is 18.7. The fourth-order valence-electron chi connectivity index (χ4n) is 11.0. The molecule has 0 aliphatic heterocycles. The molecule has 0 aromatic heterocycles. The number of hydrogen-bond donors (Lipinski definition) is 3. The number of phosphoric ester groups is 2. The molecule has 0 aliphatic carbocycles. The number of aliphatic hydroxyl groups is 1. The van der Waals surface area contributed by atoms with E-state index in [1.165, 1.54) is 193 Å². The topological polar surface area (TPSA) is 237 Å². The van der Waals surface area contributed by atoms with Gasteiger partial charge in [0, 0.05) is 25.7 Å². The van der Waals surface area contributed by atoms with Gasteiger partial charge in [-0.2, -0.15) is 0 Å². The standard InChI is InChI=1S/C72H140O17P2/c1-6-9-12-15-17-19-21-23-25-26-27-28-29-30-31-33-35-37-42-47-52-57-71(76)89-68(62-83-70(75)56-51-46-41-36-34-32-24-22-20-18-16-13-10-7-2)64-87-91(80,81)85-60-66(73)59-84-90(78,79)86-63-67(61-82-69(74)55-50-44-14-11-8-3)88-72(77)58-53-48-43-39-38-40-45-49-54-65(4)5/h65-68,73H,6-64H2,1-5H3,(H,78,79)(H,80,81)/t66-,67+,68+/m0/s1. The molecule has 0 aromatic rings. The summed E-state index contributed by atoms with van der Waals surface area (Å²) in [7, 11) is -9.89. The molecule has 91 heavy (non-hydrogen) atoms. The van der Waals surface area contributed by atoms with Crippen molar-refractivity contribution in [2.75, 3.05) is 39.6 Å². The number of hydrogen-bond acceptors (Lipinski definition) is 15. The van der Waals surface area contributed by atoms with E-state index in [9.17, 15) is 43.2 Å². The van der Waals surface area contributed by atoms with Crippen molar-refractivity contribution in [2.24, 2.45) is 5.92 Å². The number of aliphatic hydroxyl groups excluding tert-OH is 1. The van der Waals surface area contributed by atoms with E-state index in [-0.39, 0.29) is 25.7 Å². The van der Waals surface area contributed by atoms with Crippen molar-refractivity contribution >= 4 is 39.5 Å². The van der Waals surface area contributed by atoms with Gasteiger partial charge < -0.3 is 33.8 Å². The van der Waals surface area contributed by atoms with Gasteiger partial charge in [-0.25, -0.2) is 9.13 Å². The van der Waals surface area contributed by atoms with Gasteiger partial charge in [-0.3, -0.25) is 37.3 Å². The molecule has 540 valence electrons. The van der Waals surface area contributed by atoms with E-state index in [2.05, 4.69) is 34.6 Å². The lowest BCUT2D eigenvalue weighted by Gasteiger charge is -2.21. The summed E-state index contributed by atoms with van der Waals surface area (Å²) in [5.74, 6) is -1.41. The first-order valence-electron chi connectivity index (χ1n) is 37.6. The van der Waals surface area contributed by atoms with Crippen LogP contribution in [0.4, 0.5) is 0 Å². The molecule has 3 N–H and O–H groups in total. The molecular weight excluding hydrogens is 1200 g/mol. The zero-order valence-corrected chi connectivity index (χ0v) is 60.8. The summed E-state index contributed by atoms with van der Waals surface area (Å²) in [6, 6.07) is 0. The minimum absolute atomic E-state index is 0.104. The van der Waals surface area contributed by atoms with Crippen molar-refractivity contribution in [1.29, 1.82) is 0 Å². The quantitative estimate of drug-likeness (QED) is 0.0222. The smallest absolute Gasteiger partial charge is 0.462 e. The second kappa shape index (κ2) is 65.4. The highest BCUT2D eigenvalue weighted by Gasteiger charge is 2.30. The van der Waals surface area contributed by atoms with Crippen LogP contribution in [-0.4, -0.2) is 96.7 Å². The monoisotopic (exact) mass is 1340 g/mol. The second-order valence-electron chi connectivity index (χ2n) is 26.5. The minimum atomic E-state index is -4.95. The van der Waals surface area contributed by atoms with Gasteiger partial charge in [0.1, 0.15) is 19.3 Å². The van der Waals surface area contributed by atoms with Crippen LogP contribution in [0.5, 0.6) is 0 Å². The molecule has 2 unspecified atom stereocenters. The van der Waals surface area contributed by atoms with Gasteiger partial charge in [-0.15, -0.1) is 0 Å². The number of ether oxygens (including phenoxy) is 4. The maximum Gasteiger partial charge on any atom is 0.472 e. The summed E-state index contributed by atoms with van der Waals surface area (Å²) in [5.41, 5.74) is 0. The Labute approximate surface area is 556 Å². The van der Waals surface area contributed by atoms with E-state index in [0.29, 0.717) is 25.7 Å². The van der Waals surface area contributed by atoms with Crippen LogP contribution in [-0.2, 0) is 65.4 Å². The Morgan fingerprint density at radius 1 is 0.297 bits per heavy atom.